The lowest BCUT2D eigenvalue weighted by molar-refractivity contribution is 0.0202. The summed E-state index contributed by atoms with van der Waals surface area (Å²) in [4.78, 5) is 0. The number of hydrogen-bond acceptors (Lipinski definition) is 0. The molecule has 7 rings (SSSR count). The molecule has 10 atom stereocenters. The zero-order valence-electron chi connectivity index (χ0n) is 19.7. The van der Waals surface area contributed by atoms with Crippen molar-refractivity contribution in [3.05, 3.63) is 0 Å². The van der Waals surface area contributed by atoms with E-state index in [-0.39, 0.29) is 0 Å². The maximum atomic E-state index is 1.67. The quantitative estimate of drug-likeness (QED) is 0.439. The van der Waals surface area contributed by atoms with E-state index in [0.717, 1.165) is 35.5 Å². The molecule has 10 unspecified atom stereocenters. The highest BCUT2D eigenvalue weighted by Crippen LogP contribution is 2.66. The lowest BCUT2D eigenvalue weighted by Crippen LogP contribution is -2.39. The largest absolute Gasteiger partial charge is 0.0530 e. The SMILES string of the molecule is C1CCC2C(C1)C1CCCCC1C2CCC1C2CCCC3CCC4CCCC1C4C32. The van der Waals surface area contributed by atoms with Gasteiger partial charge in [0.1, 0.15) is 0 Å². The third kappa shape index (κ3) is 2.89. The Kier molecular flexibility index (Phi) is 5.06. The summed E-state index contributed by atoms with van der Waals surface area (Å²) in [7, 11) is 0. The van der Waals surface area contributed by atoms with E-state index in [1.165, 1.54) is 35.5 Å². The van der Waals surface area contributed by atoms with Crippen LogP contribution in [0.25, 0.3) is 0 Å². The molecule has 0 heteroatoms. The lowest BCUT2D eigenvalue weighted by atomic mass is 9.58. The van der Waals surface area contributed by atoms with Crippen LogP contribution in [0.15, 0.2) is 0 Å². The van der Waals surface area contributed by atoms with Gasteiger partial charge in [-0.05, 0) is 135 Å². The van der Waals surface area contributed by atoms with E-state index >= 15 is 0 Å². The molecule has 30 heavy (non-hydrogen) atoms. The van der Waals surface area contributed by atoms with Crippen molar-refractivity contribution >= 4 is 0 Å². The van der Waals surface area contributed by atoms with E-state index in [4.69, 9.17) is 0 Å². The first-order valence-electron chi connectivity index (χ1n) is 14.9. The monoisotopic (exact) mass is 408 g/mol. The second-order valence-corrected chi connectivity index (χ2v) is 13.6. The molecule has 7 fully saturated rings. The molecule has 0 radical (unpaired) electrons. The van der Waals surface area contributed by atoms with Gasteiger partial charge < -0.3 is 0 Å². The van der Waals surface area contributed by atoms with Gasteiger partial charge in [-0.2, -0.15) is 0 Å². The van der Waals surface area contributed by atoms with E-state index in [1.807, 2.05) is 0 Å². The van der Waals surface area contributed by atoms with Crippen LogP contribution < -0.4 is 0 Å². The zero-order chi connectivity index (χ0) is 19.7. The fraction of sp³-hybridized carbons (Fsp3) is 1.00. The number of fused-ring (bicyclic) bond motifs is 3. The molecular weight excluding hydrogens is 360 g/mol. The predicted molar refractivity (Wildman–Crippen MR) is 125 cm³/mol. The van der Waals surface area contributed by atoms with E-state index < -0.39 is 0 Å². The molecule has 7 aliphatic rings. The van der Waals surface area contributed by atoms with Crippen LogP contribution in [-0.2, 0) is 0 Å². The number of rotatable bonds is 3. The van der Waals surface area contributed by atoms with Crippen LogP contribution in [0, 0.1) is 71.0 Å². The van der Waals surface area contributed by atoms with Gasteiger partial charge in [0.15, 0.2) is 0 Å². The minimum absolute atomic E-state index is 1.15. The predicted octanol–water partition coefficient (Wildman–Crippen LogP) is 8.50. The van der Waals surface area contributed by atoms with Crippen molar-refractivity contribution in [3.8, 4) is 0 Å². The lowest BCUT2D eigenvalue weighted by Gasteiger charge is -2.47. The summed E-state index contributed by atoms with van der Waals surface area (Å²) in [6.07, 6.45) is 29.0. The average molecular weight is 409 g/mol. The van der Waals surface area contributed by atoms with Crippen molar-refractivity contribution in [1.29, 1.82) is 0 Å². The van der Waals surface area contributed by atoms with Gasteiger partial charge in [0.2, 0.25) is 0 Å². The first kappa shape index (κ1) is 19.5. The standard InChI is InChI=1S/C30H48/c1-3-11-23-21(9-1)22-10-2-4-12-24(22)25(23)17-18-26-27-13-5-7-19-15-16-20-8-6-14-28(26)30(20)29(19)27/h19-30H,1-18H2. The first-order chi connectivity index (χ1) is 14.9. The molecule has 7 saturated carbocycles. The zero-order valence-corrected chi connectivity index (χ0v) is 19.7. The van der Waals surface area contributed by atoms with Crippen molar-refractivity contribution < 1.29 is 0 Å². The van der Waals surface area contributed by atoms with Crippen molar-refractivity contribution in [2.45, 2.75) is 116 Å². The fourth-order valence-corrected chi connectivity index (χ4v) is 12.4. The summed E-state index contributed by atoms with van der Waals surface area (Å²) in [5.41, 5.74) is 0. The molecule has 0 spiro atoms. The molecule has 0 N–H and O–H groups in total. The Labute approximate surface area is 186 Å². The Hall–Kier alpha value is 0. The Bertz CT molecular complexity index is 572. The summed E-state index contributed by atoms with van der Waals surface area (Å²) in [6, 6.07) is 0. The topological polar surface area (TPSA) is 0 Å². The Morgan fingerprint density at radius 3 is 1.23 bits per heavy atom. The average Bonchev–Trinajstić information content (AvgIpc) is 3.30. The van der Waals surface area contributed by atoms with E-state index in [1.54, 1.807) is 116 Å². The highest BCUT2D eigenvalue weighted by molar-refractivity contribution is 5.07. The summed E-state index contributed by atoms with van der Waals surface area (Å²) < 4.78 is 0. The molecule has 0 saturated heterocycles. The summed E-state index contributed by atoms with van der Waals surface area (Å²) in [5.74, 6) is 14.0. The maximum Gasteiger partial charge on any atom is -0.0321 e. The van der Waals surface area contributed by atoms with Gasteiger partial charge in [-0.15, -0.1) is 0 Å². The van der Waals surface area contributed by atoms with Crippen LogP contribution in [0.1, 0.15) is 116 Å². The molecule has 0 nitrogen and oxygen atoms in total. The molecule has 0 aromatic heterocycles. The van der Waals surface area contributed by atoms with Crippen molar-refractivity contribution in [1.82, 2.24) is 0 Å². The summed E-state index contributed by atoms with van der Waals surface area (Å²) in [5, 5.41) is 0. The van der Waals surface area contributed by atoms with E-state index in [2.05, 4.69) is 0 Å². The normalized spacial score (nSPS) is 56.8. The van der Waals surface area contributed by atoms with Crippen LogP contribution in [-0.4, -0.2) is 0 Å². The Balaban J connectivity index is 1.12. The third-order valence-corrected chi connectivity index (χ3v) is 13.0. The molecule has 7 aliphatic carbocycles. The number of hydrogen-bond donors (Lipinski definition) is 0. The van der Waals surface area contributed by atoms with Crippen LogP contribution in [0.3, 0.4) is 0 Å². The first-order valence-corrected chi connectivity index (χ1v) is 14.9. The second-order valence-electron chi connectivity index (χ2n) is 13.6. The van der Waals surface area contributed by atoms with E-state index in [0.29, 0.717) is 0 Å². The van der Waals surface area contributed by atoms with Crippen LogP contribution >= 0.6 is 0 Å². The van der Waals surface area contributed by atoms with Crippen molar-refractivity contribution in [2.75, 3.05) is 0 Å². The van der Waals surface area contributed by atoms with Crippen molar-refractivity contribution in [2.24, 2.45) is 71.0 Å². The van der Waals surface area contributed by atoms with Crippen LogP contribution in [0.2, 0.25) is 0 Å². The molecule has 0 aromatic carbocycles. The molecule has 0 aliphatic heterocycles. The molecule has 0 bridgehead atoms. The molecular formula is C30H48. The molecule has 168 valence electrons. The van der Waals surface area contributed by atoms with Crippen molar-refractivity contribution in [3.63, 3.8) is 0 Å². The fourth-order valence-electron chi connectivity index (χ4n) is 12.4. The Morgan fingerprint density at radius 1 is 0.333 bits per heavy atom. The van der Waals surface area contributed by atoms with Crippen LogP contribution in [0.5, 0.6) is 0 Å². The minimum Gasteiger partial charge on any atom is -0.0530 e. The van der Waals surface area contributed by atoms with Gasteiger partial charge in [-0.1, -0.05) is 51.4 Å². The third-order valence-electron chi connectivity index (χ3n) is 13.0. The molecule has 0 heterocycles. The molecule has 0 aromatic rings. The van der Waals surface area contributed by atoms with Gasteiger partial charge in [0, 0.05) is 0 Å². The van der Waals surface area contributed by atoms with Gasteiger partial charge in [0.05, 0.1) is 0 Å². The second kappa shape index (κ2) is 7.80. The molecule has 0 amide bonds. The van der Waals surface area contributed by atoms with E-state index in [9.17, 15) is 0 Å². The minimum atomic E-state index is 1.15. The van der Waals surface area contributed by atoms with Crippen LogP contribution in [0.4, 0.5) is 0 Å². The van der Waals surface area contributed by atoms with Gasteiger partial charge >= 0.3 is 0 Å². The van der Waals surface area contributed by atoms with Gasteiger partial charge in [-0.25, -0.2) is 0 Å². The van der Waals surface area contributed by atoms with Gasteiger partial charge in [0.25, 0.3) is 0 Å². The van der Waals surface area contributed by atoms with Gasteiger partial charge in [-0.3, -0.25) is 0 Å². The smallest absolute Gasteiger partial charge is 0.0321 e. The summed E-state index contributed by atoms with van der Waals surface area (Å²) in [6.45, 7) is 0. The Morgan fingerprint density at radius 2 is 0.733 bits per heavy atom. The maximum absolute atomic E-state index is 1.67. The highest BCUT2D eigenvalue weighted by Gasteiger charge is 2.58. The summed E-state index contributed by atoms with van der Waals surface area (Å²) >= 11 is 0. The highest BCUT2D eigenvalue weighted by atomic mass is 14.6.